The van der Waals surface area contributed by atoms with Crippen LogP contribution in [-0.2, 0) is 15.6 Å². The molecule has 114 valence electrons. The highest BCUT2D eigenvalue weighted by atomic mass is 32.2. The smallest absolute Gasteiger partial charge is 0.329 e. The number of hydrogen-bond donors (Lipinski definition) is 2. The molecule has 2 rings (SSSR count). The Morgan fingerprint density at radius 2 is 2.00 bits per heavy atom. The first-order valence-electron chi connectivity index (χ1n) is 7.08. The molecule has 0 spiro atoms. The maximum absolute atomic E-state index is 12.2. The van der Waals surface area contributed by atoms with Gasteiger partial charge in [0.2, 0.25) is 0 Å². The molecule has 1 saturated heterocycles. The van der Waals surface area contributed by atoms with Gasteiger partial charge in [0.15, 0.2) is 0 Å². The van der Waals surface area contributed by atoms with Gasteiger partial charge >= 0.3 is 12.0 Å². The fraction of sp³-hybridized carbons (Fsp3) is 0.846. The lowest BCUT2D eigenvalue weighted by Gasteiger charge is -2.39. The van der Waals surface area contributed by atoms with E-state index in [4.69, 9.17) is 0 Å². The van der Waals surface area contributed by atoms with Crippen molar-refractivity contribution in [3.05, 3.63) is 0 Å². The lowest BCUT2D eigenvalue weighted by atomic mass is 9.76. The molecule has 1 aliphatic heterocycles. The van der Waals surface area contributed by atoms with Crippen LogP contribution in [0.15, 0.2) is 0 Å². The number of urea groups is 1. The van der Waals surface area contributed by atoms with Crippen LogP contribution in [0.3, 0.4) is 0 Å². The third kappa shape index (κ3) is 3.31. The number of hydrogen-bond acceptors (Lipinski definition) is 3. The summed E-state index contributed by atoms with van der Waals surface area (Å²) in [5.74, 6) is 0.306. The van der Waals surface area contributed by atoms with Crippen molar-refractivity contribution in [1.29, 1.82) is 0 Å². The molecule has 0 radical (unpaired) electrons. The predicted molar refractivity (Wildman–Crippen MR) is 76.0 cm³/mol. The molecule has 2 amide bonds. The molecule has 0 aromatic carbocycles. The van der Waals surface area contributed by atoms with Crippen molar-refractivity contribution in [2.75, 3.05) is 24.6 Å². The average molecular weight is 302 g/mol. The maximum Gasteiger partial charge on any atom is 0.329 e. The molecule has 1 aliphatic carbocycles. The molecule has 6 nitrogen and oxygen atoms in total. The van der Waals surface area contributed by atoms with Gasteiger partial charge in [-0.1, -0.05) is 19.8 Å². The second-order valence-electron chi connectivity index (χ2n) is 5.85. The number of nitrogens with zero attached hydrogens (tertiary/aromatic N) is 1. The summed E-state index contributed by atoms with van der Waals surface area (Å²) in [5, 5.41) is 12.2. The van der Waals surface area contributed by atoms with Gasteiger partial charge in [-0.3, -0.25) is 4.21 Å². The van der Waals surface area contributed by atoms with E-state index in [1.807, 2.05) is 6.92 Å². The van der Waals surface area contributed by atoms with Gasteiger partial charge < -0.3 is 15.3 Å². The topological polar surface area (TPSA) is 86.7 Å². The molecule has 2 aliphatic rings. The number of carboxylic acids is 1. The Kier molecular flexibility index (Phi) is 4.67. The zero-order valence-corrected chi connectivity index (χ0v) is 12.6. The van der Waals surface area contributed by atoms with Crippen molar-refractivity contribution in [1.82, 2.24) is 10.2 Å². The van der Waals surface area contributed by atoms with Crippen LogP contribution in [0.5, 0.6) is 0 Å². The minimum atomic E-state index is -1.13. The van der Waals surface area contributed by atoms with E-state index in [1.165, 1.54) is 0 Å². The first kappa shape index (κ1) is 15.3. The lowest BCUT2D eigenvalue weighted by molar-refractivity contribution is -0.146. The van der Waals surface area contributed by atoms with Crippen LogP contribution in [0, 0.1) is 5.92 Å². The summed E-state index contributed by atoms with van der Waals surface area (Å²) in [6.07, 6.45) is 2.79. The number of amides is 2. The fourth-order valence-electron chi connectivity index (χ4n) is 3.04. The van der Waals surface area contributed by atoms with Crippen LogP contribution in [-0.4, -0.2) is 56.3 Å². The van der Waals surface area contributed by atoms with Gasteiger partial charge in [-0.2, -0.15) is 0 Å². The Labute approximate surface area is 121 Å². The second-order valence-corrected chi connectivity index (χ2v) is 7.55. The molecule has 2 atom stereocenters. The molecule has 2 unspecified atom stereocenters. The normalized spacial score (nSPS) is 31.9. The highest BCUT2D eigenvalue weighted by Gasteiger charge is 2.44. The van der Waals surface area contributed by atoms with E-state index in [0.29, 0.717) is 43.4 Å². The Morgan fingerprint density at radius 3 is 2.55 bits per heavy atom. The van der Waals surface area contributed by atoms with E-state index in [0.717, 1.165) is 12.8 Å². The number of rotatable bonds is 2. The van der Waals surface area contributed by atoms with E-state index in [2.05, 4.69) is 5.32 Å². The average Bonchev–Trinajstić information content (AvgIpc) is 2.39. The van der Waals surface area contributed by atoms with Gasteiger partial charge in [0, 0.05) is 35.4 Å². The summed E-state index contributed by atoms with van der Waals surface area (Å²) in [6.45, 7) is 2.89. The van der Waals surface area contributed by atoms with Gasteiger partial charge in [-0.05, 0) is 18.8 Å². The van der Waals surface area contributed by atoms with Gasteiger partial charge in [-0.15, -0.1) is 0 Å². The Hall–Kier alpha value is -1.11. The second kappa shape index (κ2) is 6.11. The summed E-state index contributed by atoms with van der Waals surface area (Å²) in [7, 11) is -0.847. The van der Waals surface area contributed by atoms with Crippen molar-refractivity contribution >= 4 is 22.8 Å². The molecule has 0 aromatic rings. The largest absolute Gasteiger partial charge is 0.480 e. The van der Waals surface area contributed by atoms with Gasteiger partial charge in [0.1, 0.15) is 5.54 Å². The standard InChI is InChI=1S/C13H22N2O4S/c1-10-3-2-4-13(9-10,11(16)17)14-12(18)15-5-7-20(19)8-6-15/h10H,2-9H2,1H3,(H,14,18)(H,16,17). The lowest BCUT2D eigenvalue weighted by Crippen LogP contribution is -2.60. The van der Waals surface area contributed by atoms with Crippen molar-refractivity contribution < 1.29 is 18.9 Å². The van der Waals surface area contributed by atoms with E-state index in [1.54, 1.807) is 4.90 Å². The molecule has 0 bridgehead atoms. The Balaban J connectivity index is 2.02. The minimum absolute atomic E-state index is 0.300. The van der Waals surface area contributed by atoms with Crippen molar-refractivity contribution in [3.63, 3.8) is 0 Å². The van der Waals surface area contributed by atoms with Crippen LogP contribution >= 0.6 is 0 Å². The first-order valence-corrected chi connectivity index (χ1v) is 8.57. The number of aliphatic carboxylic acids is 1. The zero-order valence-electron chi connectivity index (χ0n) is 11.8. The quantitative estimate of drug-likeness (QED) is 0.789. The minimum Gasteiger partial charge on any atom is -0.480 e. The molecule has 2 N–H and O–H groups in total. The van der Waals surface area contributed by atoms with Crippen LogP contribution in [0.2, 0.25) is 0 Å². The molecular formula is C13H22N2O4S. The van der Waals surface area contributed by atoms with Crippen LogP contribution in [0.25, 0.3) is 0 Å². The summed E-state index contributed by atoms with van der Waals surface area (Å²) >= 11 is 0. The SMILES string of the molecule is CC1CCCC(NC(=O)N2CCS(=O)CC2)(C(=O)O)C1. The molecule has 20 heavy (non-hydrogen) atoms. The maximum atomic E-state index is 12.2. The van der Waals surface area contributed by atoms with Crippen LogP contribution in [0.1, 0.15) is 32.6 Å². The summed E-state index contributed by atoms with van der Waals surface area (Å²) in [6, 6.07) is -0.335. The Morgan fingerprint density at radius 1 is 1.35 bits per heavy atom. The monoisotopic (exact) mass is 302 g/mol. The zero-order chi connectivity index (χ0) is 14.8. The molecule has 7 heteroatoms. The highest BCUT2D eigenvalue weighted by Crippen LogP contribution is 2.32. The van der Waals surface area contributed by atoms with Gasteiger partial charge in [0.05, 0.1) is 0 Å². The summed E-state index contributed by atoms with van der Waals surface area (Å²) < 4.78 is 11.3. The van der Waals surface area contributed by atoms with Crippen molar-refractivity contribution in [2.45, 2.75) is 38.1 Å². The molecular weight excluding hydrogens is 280 g/mol. The number of carbonyl (C=O) groups is 2. The third-order valence-electron chi connectivity index (χ3n) is 4.22. The van der Waals surface area contributed by atoms with E-state index in [9.17, 15) is 18.9 Å². The van der Waals surface area contributed by atoms with Crippen LogP contribution in [0.4, 0.5) is 4.79 Å². The Bertz CT molecular complexity index is 419. The fourth-order valence-corrected chi connectivity index (χ4v) is 4.09. The number of carboxylic acid groups (broad SMARTS) is 1. The van der Waals surface area contributed by atoms with Crippen molar-refractivity contribution in [3.8, 4) is 0 Å². The number of nitrogens with one attached hydrogen (secondary N) is 1. The first-order chi connectivity index (χ1) is 9.43. The number of carbonyl (C=O) groups excluding carboxylic acids is 1. The van der Waals surface area contributed by atoms with Gasteiger partial charge in [0.25, 0.3) is 0 Å². The molecule has 1 saturated carbocycles. The van der Waals surface area contributed by atoms with E-state index >= 15 is 0 Å². The highest BCUT2D eigenvalue weighted by molar-refractivity contribution is 7.85. The molecule has 2 fully saturated rings. The van der Waals surface area contributed by atoms with Crippen LogP contribution < -0.4 is 5.32 Å². The third-order valence-corrected chi connectivity index (χ3v) is 5.49. The van der Waals surface area contributed by atoms with Gasteiger partial charge in [-0.25, -0.2) is 9.59 Å². The molecule has 0 aromatic heterocycles. The van der Waals surface area contributed by atoms with E-state index < -0.39 is 22.3 Å². The molecule has 1 heterocycles. The summed E-state index contributed by atoms with van der Waals surface area (Å²) in [5.41, 5.74) is -1.13. The predicted octanol–water partition coefficient (Wildman–Crippen LogP) is 0.794. The summed E-state index contributed by atoms with van der Waals surface area (Å²) in [4.78, 5) is 25.4. The van der Waals surface area contributed by atoms with Crippen molar-refractivity contribution in [2.24, 2.45) is 5.92 Å². The van der Waals surface area contributed by atoms with E-state index in [-0.39, 0.29) is 6.03 Å².